The van der Waals surface area contributed by atoms with Gasteiger partial charge in [-0.1, -0.05) is 11.6 Å². The summed E-state index contributed by atoms with van der Waals surface area (Å²) in [6.45, 7) is 1.17. The van der Waals surface area contributed by atoms with Crippen LogP contribution in [0, 0.1) is 0 Å². The first-order valence-electron chi connectivity index (χ1n) is 5.59. The second-order valence-corrected chi connectivity index (χ2v) is 4.69. The molecule has 0 aromatic carbocycles. The highest BCUT2D eigenvalue weighted by atomic mass is 35.5. The molecule has 1 fully saturated rings. The lowest BCUT2D eigenvalue weighted by molar-refractivity contribution is -0.156. The largest absolute Gasteiger partial charge is 0.384 e. The third-order valence-corrected chi connectivity index (χ3v) is 3.73. The Morgan fingerprint density at radius 3 is 2.71 bits per heavy atom. The van der Waals surface area contributed by atoms with Gasteiger partial charge in [0.15, 0.2) is 0 Å². The molecule has 17 heavy (non-hydrogen) atoms. The lowest BCUT2D eigenvalue weighted by Gasteiger charge is -2.39. The Kier molecular flexibility index (Phi) is 3.73. The van der Waals surface area contributed by atoms with Crippen LogP contribution in [0.4, 0.5) is 0 Å². The molecule has 1 saturated heterocycles. The van der Waals surface area contributed by atoms with E-state index < -0.39 is 11.7 Å². The lowest BCUT2D eigenvalue weighted by atomic mass is 9.86. The van der Waals surface area contributed by atoms with Crippen LogP contribution < -0.4 is 0 Å². The van der Waals surface area contributed by atoms with Gasteiger partial charge in [0.25, 0.3) is 0 Å². The number of hydrogen-bond donors (Lipinski definition) is 1. The van der Waals surface area contributed by atoms with Crippen molar-refractivity contribution >= 4 is 11.6 Å². The van der Waals surface area contributed by atoms with E-state index in [0.717, 1.165) is 0 Å². The van der Waals surface area contributed by atoms with Crippen LogP contribution in [0.3, 0.4) is 0 Å². The van der Waals surface area contributed by atoms with Crippen molar-refractivity contribution in [3.63, 3.8) is 0 Å². The van der Waals surface area contributed by atoms with Crippen molar-refractivity contribution in [1.29, 1.82) is 0 Å². The zero-order valence-corrected chi connectivity index (χ0v) is 10.8. The summed E-state index contributed by atoms with van der Waals surface area (Å²) in [6.07, 6.45) is 2.03. The van der Waals surface area contributed by atoms with Gasteiger partial charge in [-0.05, 0) is 0 Å². The van der Waals surface area contributed by atoms with Crippen LogP contribution in [0.25, 0.3) is 0 Å². The maximum absolute atomic E-state index is 10.5. The molecule has 0 aliphatic carbocycles. The molecular formula is C11H17ClN2O3. The van der Waals surface area contributed by atoms with Gasteiger partial charge in [0.2, 0.25) is 0 Å². The van der Waals surface area contributed by atoms with E-state index >= 15 is 0 Å². The normalized spacial score (nSPS) is 21.4. The van der Waals surface area contributed by atoms with Crippen molar-refractivity contribution in [3.05, 3.63) is 16.9 Å². The molecular weight excluding hydrogens is 244 g/mol. The average molecular weight is 261 g/mol. The van der Waals surface area contributed by atoms with Crippen molar-refractivity contribution in [2.45, 2.75) is 24.5 Å². The summed E-state index contributed by atoms with van der Waals surface area (Å²) in [7, 11) is 3.37. The van der Waals surface area contributed by atoms with Crippen LogP contribution in [0.1, 0.15) is 24.6 Å². The Morgan fingerprint density at radius 1 is 1.59 bits per heavy atom. The zero-order valence-electron chi connectivity index (χ0n) is 10.0. The van der Waals surface area contributed by atoms with E-state index in [4.69, 9.17) is 21.1 Å². The van der Waals surface area contributed by atoms with Gasteiger partial charge < -0.3 is 14.6 Å². The van der Waals surface area contributed by atoms with Crippen molar-refractivity contribution < 1.29 is 14.6 Å². The third-order valence-electron chi connectivity index (χ3n) is 3.44. The molecule has 2 heterocycles. The fraction of sp³-hybridized carbons (Fsp3) is 0.727. The van der Waals surface area contributed by atoms with Crippen LogP contribution in [-0.2, 0) is 16.5 Å². The Balaban J connectivity index is 2.31. The van der Waals surface area contributed by atoms with Gasteiger partial charge in [0.1, 0.15) is 11.7 Å². The van der Waals surface area contributed by atoms with Gasteiger partial charge in [0.05, 0.1) is 16.9 Å². The number of aliphatic hydroxyl groups excluding tert-OH is 1. The van der Waals surface area contributed by atoms with Crippen LogP contribution in [0.2, 0.25) is 5.02 Å². The minimum atomic E-state index is -0.795. The molecule has 1 aromatic rings. The van der Waals surface area contributed by atoms with Crippen molar-refractivity contribution in [2.75, 3.05) is 20.3 Å². The molecule has 96 valence electrons. The number of nitrogens with zero attached hydrogens (tertiary/aromatic N) is 2. The molecule has 0 spiro atoms. The molecule has 5 nitrogen and oxygen atoms in total. The summed E-state index contributed by atoms with van der Waals surface area (Å²) >= 11 is 6.05. The van der Waals surface area contributed by atoms with Crippen LogP contribution in [0.5, 0.6) is 0 Å². The molecule has 1 aromatic heterocycles. The average Bonchev–Trinajstić information content (AvgIpc) is 2.69. The number of halogens is 1. The minimum absolute atomic E-state index is 0.461. The van der Waals surface area contributed by atoms with Gasteiger partial charge in [-0.15, -0.1) is 0 Å². The van der Waals surface area contributed by atoms with Crippen LogP contribution in [0.15, 0.2) is 6.20 Å². The van der Waals surface area contributed by atoms with E-state index in [-0.39, 0.29) is 0 Å². The van der Waals surface area contributed by atoms with E-state index in [1.807, 2.05) is 0 Å². The monoisotopic (exact) mass is 260 g/mol. The first kappa shape index (κ1) is 12.8. The second-order valence-electron chi connectivity index (χ2n) is 4.29. The fourth-order valence-electron chi connectivity index (χ4n) is 2.28. The van der Waals surface area contributed by atoms with Gasteiger partial charge in [0, 0.05) is 40.2 Å². The summed E-state index contributed by atoms with van der Waals surface area (Å²) in [6, 6.07) is 0. The van der Waals surface area contributed by atoms with Crippen LogP contribution in [-0.4, -0.2) is 40.8 Å². The summed E-state index contributed by atoms with van der Waals surface area (Å²) in [4.78, 5) is 0. The maximum atomic E-state index is 10.5. The third kappa shape index (κ3) is 2.20. The smallest absolute Gasteiger partial charge is 0.126 e. The van der Waals surface area contributed by atoms with E-state index in [0.29, 0.717) is 36.8 Å². The predicted molar refractivity (Wildman–Crippen MR) is 63.0 cm³/mol. The first-order valence-corrected chi connectivity index (χ1v) is 5.97. The zero-order chi connectivity index (χ0) is 12.5. The number of rotatable bonds is 3. The second kappa shape index (κ2) is 4.94. The quantitative estimate of drug-likeness (QED) is 0.890. The number of aryl methyl sites for hydroxylation is 1. The highest BCUT2D eigenvalue weighted by Crippen LogP contribution is 2.39. The summed E-state index contributed by atoms with van der Waals surface area (Å²) in [5.41, 5.74) is -0.0363. The minimum Gasteiger partial charge on any atom is -0.384 e. The Bertz CT molecular complexity index is 369. The Labute approximate surface area is 105 Å². The molecule has 2 rings (SSSR count). The number of aliphatic hydroxyl groups is 1. The van der Waals surface area contributed by atoms with E-state index in [2.05, 4.69) is 5.10 Å². The van der Waals surface area contributed by atoms with Crippen molar-refractivity contribution in [3.8, 4) is 0 Å². The van der Waals surface area contributed by atoms with Crippen molar-refractivity contribution in [2.24, 2.45) is 7.05 Å². The number of aromatic nitrogens is 2. The number of hydrogen-bond acceptors (Lipinski definition) is 4. The van der Waals surface area contributed by atoms with E-state index in [1.165, 1.54) is 6.20 Å². The van der Waals surface area contributed by atoms with Crippen molar-refractivity contribution in [1.82, 2.24) is 9.78 Å². The Morgan fingerprint density at radius 2 is 2.24 bits per heavy atom. The molecule has 0 radical (unpaired) electrons. The maximum Gasteiger partial charge on any atom is 0.126 e. The molecule has 1 unspecified atom stereocenters. The summed E-state index contributed by atoms with van der Waals surface area (Å²) in [5, 5.41) is 15.0. The molecule has 1 aliphatic rings. The van der Waals surface area contributed by atoms with Gasteiger partial charge in [-0.3, -0.25) is 4.68 Å². The SMILES string of the molecule is COC1(C(O)c2c(Cl)cnn2C)CCOCC1. The molecule has 1 atom stereocenters. The molecule has 0 bridgehead atoms. The molecule has 0 saturated carbocycles. The standard InChI is InChI=1S/C11H17ClN2O3/c1-14-9(8(12)7-13-14)10(15)11(16-2)3-5-17-6-4-11/h7,10,15H,3-6H2,1-2H3. The molecule has 6 heteroatoms. The van der Waals surface area contributed by atoms with E-state index in [1.54, 1.807) is 18.8 Å². The number of methoxy groups -OCH3 is 1. The molecule has 1 N–H and O–H groups in total. The Hall–Kier alpha value is -0.620. The summed E-state index contributed by atoms with van der Waals surface area (Å²) in [5.74, 6) is 0. The van der Waals surface area contributed by atoms with Crippen LogP contribution >= 0.6 is 11.6 Å². The van der Waals surface area contributed by atoms with Gasteiger partial charge in [-0.25, -0.2) is 0 Å². The number of ether oxygens (including phenoxy) is 2. The van der Waals surface area contributed by atoms with Gasteiger partial charge in [-0.2, -0.15) is 5.10 Å². The topological polar surface area (TPSA) is 56.5 Å². The highest BCUT2D eigenvalue weighted by Gasteiger charge is 2.42. The first-order chi connectivity index (χ1) is 8.10. The lowest BCUT2D eigenvalue weighted by Crippen LogP contribution is -2.44. The van der Waals surface area contributed by atoms with Gasteiger partial charge >= 0.3 is 0 Å². The summed E-state index contributed by atoms with van der Waals surface area (Å²) < 4.78 is 12.4. The molecule has 0 amide bonds. The predicted octanol–water partition coefficient (Wildman–Crippen LogP) is 1.30. The van der Waals surface area contributed by atoms with E-state index in [9.17, 15) is 5.11 Å². The molecule has 1 aliphatic heterocycles. The highest BCUT2D eigenvalue weighted by molar-refractivity contribution is 6.31. The fourth-order valence-corrected chi connectivity index (χ4v) is 2.55.